The van der Waals surface area contributed by atoms with Crippen molar-refractivity contribution in [2.75, 3.05) is 0 Å². The zero-order valence-corrected chi connectivity index (χ0v) is 11.4. The van der Waals surface area contributed by atoms with Crippen LogP contribution in [0.15, 0.2) is 30.3 Å². The van der Waals surface area contributed by atoms with E-state index < -0.39 is 0 Å². The summed E-state index contributed by atoms with van der Waals surface area (Å²) in [4.78, 5) is 12.3. The third-order valence-corrected chi connectivity index (χ3v) is 4.25. The van der Waals surface area contributed by atoms with Crippen LogP contribution in [0.25, 0.3) is 0 Å². The summed E-state index contributed by atoms with van der Waals surface area (Å²) in [6.45, 7) is 4.44. The second-order valence-electron chi connectivity index (χ2n) is 5.69. The van der Waals surface area contributed by atoms with E-state index in [1.54, 1.807) is 0 Å². The van der Waals surface area contributed by atoms with Gasteiger partial charge < -0.3 is 5.32 Å². The lowest BCUT2D eigenvalue weighted by Crippen LogP contribution is -2.53. The van der Waals surface area contributed by atoms with Crippen LogP contribution in [-0.4, -0.2) is 11.4 Å². The van der Waals surface area contributed by atoms with Crippen molar-refractivity contribution in [1.29, 1.82) is 0 Å². The van der Waals surface area contributed by atoms with E-state index in [-0.39, 0.29) is 11.4 Å². The SMILES string of the molecule is CC(C)C1(NC(=O)c2ccccc2)CCCCC1. The normalized spacial score (nSPS) is 18.6. The largest absolute Gasteiger partial charge is 0.346 e. The van der Waals surface area contributed by atoms with Crippen LogP contribution >= 0.6 is 0 Å². The van der Waals surface area contributed by atoms with Crippen LogP contribution < -0.4 is 5.32 Å². The fourth-order valence-electron chi connectivity index (χ4n) is 2.92. The molecule has 0 saturated heterocycles. The lowest BCUT2D eigenvalue weighted by atomic mass is 9.74. The Morgan fingerprint density at radius 3 is 2.28 bits per heavy atom. The third kappa shape index (κ3) is 2.74. The Morgan fingerprint density at radius 1 is 1.11 bits per heavy atom. The maximum absolute atomic E-state index is 12.3. The van der Waals surface area contributed by atoms with E-state index in [2.05, 4.69) is 19.2 Å². The van der Waals surface area contributed by atoms with Gasteiger partial charge in [-0.25, -0.2) is 0 Å². The Labute approximate surface area is 110 Å². The van der Waals surface area contributed by atoms with Crippen LogP contribution in [0.2, 0.25) is 0 Å². The molecule has 2 nitrogen and oxygen atoms in total. The van der Waals surface area contributed by atoms with Gasteiger partial charge in [-0.15, -0.1) is 0 Å². The molecule has 18 heavy (non-hydrogen) atoms. The molecule has 0 aliphatic heterocycles. The molecule has 2 heteroatoms. The fourth-order valence-corrected chi connectivity index (χ4v) is 2.92. The van der Waals surface area contributed by atoms with Gasteiger partial charge in [0.25, 0.3) is 5.91 Å². The number of rotatable bonds is 3. The highest BCUT2D eigenvalue weighted by atomic mass is 16.1. The molecule has 98 valence electrons. The lowest BCUT2D eigenvalue weighted by Gasteiger charge is -2.41. The van der Waals surface area contributed by atoms with Crippen LogP contribution in [0, 0.1) is 5.92 Å². The summed E-state index contributed by atoms with van der Waals surface area (Å²) >= 11 is 0. The smallest absolute Gasteiger partial charge is 0.251 e. The van der Waals surface area contributed by atoms with Gasteiger partial charge in [0.2, 0.25) is 0 Å². The van der Waals surface area contributed by atoms with E-state index in [4.69, 9.17) is 0 Å². The predicted octanol–water partition coefficient (Wildman–Crippen LogP) is 3.78. The minimum Gasteiger partial charge on any atom is -0.346 e. The number of amides is 1. The van der Waals surface area contributed by atoms with E-state index in [0.717, 1.165) is 18.4 Å². The highest BCUT2D eigenvalue weighted by Gasteiger charge is 2.36. The Bertz CT molecular complexity index is 391. The van der Waals surface area contributed by atoms with Crippen LogP contribution in [0.4, 0.5) is 0 Å². The lowest BCUT2D eigenvalue weighted by molar-refractivity contribution is 0.0812. The molecule has 1 N–H and O–H groups in total. The molecule has 1 aliphatic rings. The Balaban J connectivity index is 2.12. The van der Waals surface area contributed by atoms with Crippen molar-refractivity contribution < 1.29 is 4.79 Å². The summed E-state index contributed by atoms with van der Waals surface area (Å²) in [6.07, 6.45) is 5.99. The van der Waals surface area contributed by atoms with Crippen LogP contribution in [0.3, 0.4) is 0 Å². The molecule has 2 rings (SSSR count). The van der Waals surface area contributed by atoms with Gasteiger partial charge >= 0.3 is 0 Å². The minimum absolute atomic E-state index is 0.00513. The molecule has 0 unspecified atom stereocenters. The van der Waals surface area contributed by atoms with E-state index in [0.29, 0.717) is 5.92 Å². The van der Waals surface area contributed by atoms with E-state index >= 15 is 0 Å². The molecule has 0 radical (unpaired) electrons. The summed E-state index contributed by atoms with van der Waals surface area (Å²) in [5.41, 5.74) is 0.772. The summed E-state index contributed by atoms with van der Waals surface area (Å²) < 4.78 is 0. The van der Waals surface area contributed by atoms with Crippen molar-refractivity contribution in [2.45, 2.75) is 51.5 Å². The maximum atomic E-state index is 12.3. The van der Waals surface area contributed by atoms with Crippen LogP contribution in [-0.2, 0) is 0 Å². The molecule has 1 aromatic carbocycles. The number of benzene rings is 1. The van der Waals surface area contributed by atoms with Crippen molar-refractivity contribution in [3.05, 3.63) is 35.9 Å². The molecule has 0 bridgehead atoms. The van der Waals surface area contributed by atoms with Crippen molar-refractivity contribution in [3.63, 3.8) is 0 Å². The summed E-state index contributed by atoms with van der Waals surface area (Å²) in [6, 6.07) is 9.53. The monoisotopic (exact) mass is 245 g/mol. The first-order valence-corrected chi connectivity index (χ1v) is 7.02. The van der Waals surface area contributed by atoms with Gasteiger partial charge in [0, 0.05) is 11.1 Å². The van der Waals surface area contributed by atoms with Crippen molar-refractivity contribution in [2.24, 2.45) is 5.92 Å². The molecule has 1 amide bonds. The molecule has 1 saturated carbocycles. The standard InChI is InChI=1S/C16H23NO/c1-13(2)16(11-7-4-8-12-16)17-15(18)14-9-5-3-6-10-14/h3,5-6,9-10,13H,4,7-8,11-12H2,1-2H3,(H,17,18). The first kappa shape index (κ1) is 13.1. The molecule has 0 atom stereocenters. The Morgan fingerprint density at radius 2 is 1.72 bits per heavy atom. The third-order valence-electron chi connectivity index (χ3n) is 4.25. The average Bonchev–Trinajstić information content (AvgIpc) is 2.40. The van der Waals surface area contributed by atoms with Gasteiger partial charge in [0.1, 0.15) is 0 Å². The summed E-state index contributed by atoms with van der Waals surface area (Å²) in [7, 11) is 0. The molecular weight excluding hydrogens is 222 g/mol. The summed E-state index contributed by atoms with van der Waals surface area (Å²) in [5, 5.41) is 3.31. The van der Waals surface area contributed by atoms with E-state index in [1.165, 1.54) is 19.3 Å². The molecule has 1 aliphatic carbocycles. The zero-order valence-electron chi connectivity index (χ0n) is 11.4. The van der Waals surface area contributed by atoms with Crippen LogP contribution in [0.5, 0.6) is 0 Å². The van der Waals surface area contributed by atoms with Gasteiger partial charge in [0.05, 0.1) is 0 Å². The molecule has 0 heterocycles. The maximum Gasteiger partial charge on any atom is 0.251 e. The molecular formula is C16H23NO. The second-order valence-corrected chi connectivity index (χ2v) is 5.69. The van der Waals surface area contributed by atoms with Gasteiger partial charge in [-0.3, -0.25) is 4.79 Å². The molecule has 1 fully saturated rings. The molecule has 1 aromatic rings. The highest BCUT2D eigenvalue weighted by Crippen LogP contribution is 2.34. The van der Waals surface area contributed by atoms with Gasteiger partial charge in [0.15, 0.2) is 0 Å². The number of carbonyl (C=O) groups excluding carboxylic acids is 1. The second kappa shape index (κ2) is 5.55. The van der Waals surface area contributed by atoms with Gasteiger partial charge in [-0.05, 0) is 30.9 Å². The first-order valence-electron chi connectivity index (χ1n) is 7.02. The average molecular weight is 245 g/mol. The topological polar surface area (TPSA) is 29.1 Å². The zero-order chi connectivity index (χ0) is 13.0. The van der Waals surface area contributed by atoms with E-state index in [1.807, 2.05) is 30.3 Å². The van der Waals surface area contributed by atoms with Crippen LogP contribution in [0.1, 0.15) is 56.3 Å². The minimum atomic E-state index is 0.00513. The first-order chi connectivity index (χ1) is 8.64. The quantitative estimate of drug-likeness (QED) is 0.862. The Hall–Kier alpha value is -1.31. The Kier molecular flexibility index (Phi) is 4.05. The number of hydrogen-bond acceptors (Lipinski definition) is 1. The number of carbonyl (C=O) groups is 1. The van der Waals surface area contributed by atoms with E-state index in [9.17, 15) is 4.79 Å². The van der Waals surface area contributed by atoms with Crippen molar-refractivity contribution in [3.8, 4) is 0 Å². The number of nitrogens with one attached hydrogen (secondary N) is 1. The van der Waals surface area contributed by atoms with Crippen molar-refractivity contribution in [1.82, 2.24) is 5.32 Å². The highest BCUT2D eigenvalue weighted by molar-refractivity contribution is 5.94. The fraction of sp³-hybridized carbons (Fsp3) is 0.562. The number of hydrogen-bond donors (Lipinski definition) is 1. The van der Waals surface area contributed by atoms with Gasteiger partial charge in [-0.2, -0.15) is 0 Å². The molecule has 0 aromatic heterocycles. The van der Waals surface area contributed by atoms with Crippen molar-refractivity contribution >= 4 is 5.91 Å². The molecule has 0 spiro atoms. The van der Waals surface area contributed by atoms with Gasteiger partial charge in [-0.1, -0.05) is 51.3 Å². The summed E-state index contributed by atoms with van der Waals surface area (Å²) in [5.74, 6) is 0.566. The predicted molar refractivity (Wildman–Crippen MR) is 74.6 cm³/mol.